The van der Waals surface area contributed by atoms with Gasteiger partial charge in [-0.05, 0) is 38.1 Å². The van der Waals surface area contributed by atoms with Crippen LogP contribution in [0, 0.1) is 13.8 Å². The minimum Gasteiger partial charge on any atom is -0.497 e. The van der Waals surface area contributed by atoms with E-state index in [0.717, 1.165) is 10.9 Å². The summed E-state index contributed by atoms with van der Waals surface area (Å²) in [6.45, 7) is 3.52. The molecular formula is C20H20N2O5. The minimum absolute atomic E-state index is 0.100. The van der Waals surface area contributed by atoms with Gasteiger partial charge in [0, 0.05) is 18.5 Å². The Morgan fingerprint density at radius 1 is 1.19 bits per heavy atom. The number of hydrogen-bond acceptors (Lipinski definition) is 5. The lowest BCUT2D eigenvalue weighted by atomic mass is 10.1. The molecule has 140 valence electrons. The van der Waals surface area contributed by atoms with Gasteiger partial charge < -0.3 is 19.2 Å². The van der Waals surface area contributed by atoms with Crippen molar-refractivity contribution in [2.24, 2.45) is 0 Å². The number of furan rings is 1. The Labute approximate surface area is 156 Å². The molecule has 2 heterocycles. The van der Waals surface area contributed by atoms with Crippen LogP contribution in [0.4, 0.5) is 0 Å². The summed E-state index contributed by atoms with van der Waals surface area (Å²) in [5, 5.41) is 9.95. The van der Waals surface area contributed by atoms with Crippen molar-refractivity contribution in [1.82, 2.24) is 9.88 Å². The number of nitrogens with zero attached hydrogens (tertiary/aromatic N) is 2. The van der Waals surface area contributed by atoms with Gasteiger partial charge in [0.25, 0.3) is 5.91 Å². The second-order valence-corrected chi connectivity index (χ2v) is 6.33. The van der Waals surface area contributed by atoms with Crippen LogP contribution in [-0.2, 0) is 6.54 Å². The summed E-state index contributed by atoms with van der Waals surface area (Å²) >= 11 is 0. The maximum absolute atomic E-state index is 12.9. The van der Waals surface area contributed by atoms with Gasteiger partial charge in [0.1, 0.15) is 22.8 Å². The monoisotopic (exact) mass is 368 g/mol. The number of methoxy groups -OCH3 is 1. The number of carbonyl (C=O) groups is 2. The molecule has 7 nitrogen and oxygen atoms in total. The average Bonchev–Trinajstić information content (AvgIpc) is 3.00. The van der Waals surface area contributed by atoms with Gasteiger partial charge in [0.15, 0.2) is 0 Å². The molecule has 0 fully saturated rings. The van der Waals surface area contributed by atoms with E-state index in [1.165, 1.54) is 11.0 Å². The van der Waals surface area contributed by atoms with Gasteiger partial charge in [-0.1, -0.05) is 0 Å². The van der Waals surface area contributed by atoms with Crippen LogP contribution >= 0.6 is 0 Å². The van der Waals surface area contributed by atoms with Crippen molar-refractivity contribution in [3.63, 3.8) is 0 Å². The van der Waals surface area contributed by atoms with Crippen LogP contribution in [0.2, 0.25) is 0 Å². The van der Waals surface area contributed by atoms with Crippen molar-refractivity contribution in [2.45, 2.75) is 20.4 Å². The molecule has 0 aliphatic carbocycles. The van der Waals surface area contributed by atoms with Gasteiger partial charge in [0.2, 0.25) is 0 Å². The van der Waals surface area contributed by atoms with E-state index in [-0.39, 0.29) is 18.0 Å². The first-order chi connectivity index (χ1) is 12.8. The Kier molecular flexibility index (Phi) is 4.85. The lowest BCUT2D eigenvalue weighted by Gasteiger charge is -2.17. The molecule has 0 radical (unpaired) electrons. The highest BCUT2D eigenvalue weighted by atomic mass is 16.5. The molecule has 0 unspecified atom stereocenters. The lowest BCUT2D eigenvalue weighted by Crippen LogP contribution is -2.27. The van der Waals surface area contributed by atoms with E-state index >= 15 is 0 Å². The zero-order valence-electron chi connectivity index (χ0n) is 15.6. The predicted octanol–water partition coefficient (Wildman–Crippen LogP) is 3.42. The van der Waals surface area contributed by atoms with Crippen molar-refractivity contribution in [3.05, 3.63) is 58.7 Å². The molecule has 0 atom stereocenters. The quantitative estimate of drug-likeness (QED) is 0.742. The summed E-state index contributed by atoms with van der Waals surface area (Å²) in [6, 6.07) is 8.73. The molecular weight excluding hydrogens is 348 g/mol. The number of benzene rings is 1. The number of pyridine rings is 1. The third kappa shape index (κ3) is 3.62. The van der Waals surface area contributed by atoms with Gasteiger partial charge >= 0.3 is 5.97 Å². The fourth-order valence-corrected chi connectivity index (χ4v) is 2.93. The zero-order chi connectivity index (χ0) is 19.7. The zero-order valence-corrected chi connectivity index (χ0v) is 15.6. The molecule has 7 heteroatoms. The number of aryl methyl sites for hydroxylation is 2. The second-order valence-electron chi connectivity index (χ2n) is 6.33. The van der Waals surface area contributed by atoms with E-state index in [1.807, 2.05) is 18.2 Å². The Hall–Kier alpha value is -3.35. The lowest BCUT2D eigenvalue weighted by molar-refractivity contribution is 0.0694. The summed E-state index contributed by atoms with van der Waals surface area (Å²) in [5.41, 5.74) is 1.94. The number of amides is 1. The molecule has 0 bridgehead atoms. The summed E-state index contributed by atoms with van der Waals surface area (Å²) in [7, 11) is 3.23. The third-order valence-electron chi connectivity index (χ3n) is 4.38. The second kappa shape index (κ2) is 7.11. The predicted molar refractivity (Wildman–Crippen MR) is 99.2 cm³/mol. The Bertz CT molecular complexity index is 1040. The normalized spacial score (nSPS) is 10.8. The van der Waals surface area contributed by atoms with Gasteiger partial charge in [-0.15, -0.1) is 0 Å². The van der Waals surface area contributed by atoms with E-state index in [2.05, 4.69) is 4.98 Å². The Morgan fingerprint density at radius 3 is 2.56 bits per heavy atom. The van der Waals surface area contributed by atoms with Gasteiger partial charge in [-0.3, -0.25) is 9.78 Å². The molecule has 0 spiro atoms. The van der Waals surface area contributed by atoms with E-state index in [4.69, 9.17) is 14.3 Å². The minimum atomic E-state index is -1.05. The molecule has 3 aromatic rings. The molecule has 1 aromatic carbocycles. The highest BCUT2D eigenvalue weighted by Gasteiger charge is 2.20. The molecule has 0 saturated heterocycles. The Balaban J connectivity index is 1.87. The van der Waals surface area contributed by atoms with Crippen LogP contribution < -0.4 is 4.74 Å². The van der Waals surface area contributed by atoms with Crippen molar-refractivity contribution in [2.75, 3.05) is 14.2 Å². The highest BCUT2D eigenvalue weighted by molar-refractivity contribution is 5.98. The molecule has 1 N–H and O–H groups in total. The highest BCUT2D eigenvalue weighted by Crippen LogP contribution is 2.23. The molecule has 1 amide bonds. The number of carboxylic acid groups (broad SMARTS) is 1. The van der Waals surface area contributed by atoms with Crippen molar-refractivity contribution < 1.29 is 23.8 Å². The number of ether oxygens (including phenoxy) is 1. The fraction of sp³-hybridized carbons (Fsp3) is 0.250. The third-order valence-corrected chi connectivity index (χ3v) is 4.38. The van der Waals surface area contributed by atoms with E-state index < -0.39 is 5.97 Å². The number of hydrogen-bond donors (Lipinski definition) is 1. The summed E-state index contributed by atoms with van der Waals surface area (Å²) in [4.78, 5) is 30.0. The molecule has 2 aromatic heterocycles. The molecule has 0 saturated carbocycles. The van der Waals surface area contributed by atoms with E-state index in [0.29, 0.717) is 28.5 Å². The van der Waals surface area contributed by atoms with Crippen LogP contribution in [0.3, 0.4) is 0 Å². The van der Waals surface area contributed by atoms with Crippen LogP contribution in [0.1, 0.15) is 37.9 Å². The molecule has 0 aliphatic heterocycles. The first kappa shape index (κ1) is 18.4. The summed E-state index contributed by atoms with van der Waals surface area (Å²) in [6.07, 6.45) is 0. The van der Waals surface area contributed by atoms with Gasteiger partial charge in [0.05, 0.1) is 30.4 Å². The van der Waals surface area contributed by atoms with E-state index in [9.17, 15) is 9.59 Å². The maximum Gasteiger partial charge on any atom is 0.339 e. The van der Waals surface area contributed by atoms with Crippen LogP contribution in [-0.4, -0.2) is 41.0 Å². The van der Waals surface area contributed by atoms with Gasteiger partial charge in [-0.25, -0.2) is 4.79 Å². The summed E-state index contributed by atoms with van der Waals surface area (Å²) < 4.78 is 10.7. The smallest absolute Gasteiger partial charge is 0.339 e. The number of aromatic nitrogens is 1. The Morgan fingerprint density at radius 2 is 1.93 bits per heavy atom. The number of fused-ring (bicyclic) bond motifs is 1. The SMILES string of the molecule is COc1ccc2cc(C(=O)N(C)Cc3cc(C(=O)O)c(C)o3)c(C)nc2c1. The first-order valence-corrected chi connectivity index (χ1v) is 8.33. The molecule has 27 heavy (non-hydrogen) atoms. The maximum atomic E-state index is 12.9. The molecule has 0 aliphatic rings. The fourth-order valence-electron chi connectivity index (χ4n) is 2.93. The van der Waals surface area contributed by atoms with Crippen LogP contribution in [0.15, 0.2) is 34.7 Å². The topological polar surface area (TPSA) is 92.9 Å². The van der Waals surface area contributed by atoms with Crippen molar-refractivity contribution in [3.8, 4) is 5.75 Å². The van der Waals surface area contributed by atoms with Crippen LogP contribution in [0.25, 0.3) is 10.9 Å². The average molecular weight is 368 g/mol. The van der Waals surface area contributed by atoms with Gasteiger partial charge in [-0.2, -0.15) is 0 Å². The van der Waals surface area contributed by atoms with Crippen molar-refractivity contribution in [1.29, 1.82) is 0 Å². The number of rotatable bonds is 5. The number of carbonyl (C=O) groups excluding carboxylic acids is 1. The van der Waals surface area contributed by atoms with Crippen molar-refractivity contribution >= 4 is 22.8 Å². The molecule has 3 rings (SSSR count). The number of carboxylic acids is 1. The number of aromatic carboxylic acids is 1. The largest absolute Gasteiger partial charge is 0.497 e. The van der Waals surface area contributed by atoms with E-state index in [1.54, 1.807) is 34.1 Å². The standard InChI is InChI=1S/C20H20N2O5/c1-11-16(7-13-5-6-14(26-4)9-18(13)21-11)19(23)22(3)10-15-8-17(20(24)25)12(2)27-15/h5-9H,10H2,1-4H3,(H,24,25). The summed E-state index contributed by atoms with van der Waals surface area (Å²) in [5.74, 6) is 0.158. The van der Waals surface area contributed by atoms with Crippen LogP contribution in [0.5, 0.6) is 5.75 Å². The first-order valence-electron chi connectivity index (χ1n) is 8.33.